The number of hydrogen-bond donors (Lipinski definition) is 2. The predicted octanol–water partition coefficient (Wildman–Crippen LogP) is 8.93. The molecule has 2 aliphatic carbocycles. The summed E-state index contributed by atoms with van der Waals surface area (Å²) >= 11 is 0. The summed E-state index contributed by atoms with van der Waals surface area (Å²) in [6.07, 6.45) is 24.6. The maximum absolute atomic E-state index is 10.6. The van der Waals surface area contributed by atoms with Crippen molar-refractivity contribution in [2.45, 2.75) is 140 Å². The zero-order chi connectivity index (χ0) is 27.6. The Labute approximate surface area is 243 Å². The number of piperidine rings is 1. The summed E-state index contributed by atoms with van der Waals surface area (Å²) in [4.78, 5) is 10.6. The van der Waals surface area contributed by atoms with Crippen LogP contribution in [-0.2, 0) is 29.5 Å². The van der Waals surface area contributed by atoms with Gasteiger partial charge in [-0.3, -0.25) is 4.79 Å². The van der Waals surface area contributed by atoms with Gasteiger partial charge >= 0.3 is 5.97 Å². The van der Waals surface area contributed by atoms with Crippen LogP contribution >= 0.6 is 0 Å². The van der Waals surface area contributed by atoms with Crippen LogP contribution in [0.5, 0.6) is 0 Å². The Kier molecular flexibility index (Phi) is 10.8. The molecule has 218 valence electrons. The third-order valence-electron chi connectivity index (χ3n) is 10.6. The number of rotatable bonds is 16. The number of carboxylic acid groups (broad SMARTS) is 1. The van der Waals surface area contributed by atoms with E-state index in [0.29, 0.717) is 17.9 Å². The third-order valence-corrected chi connectivity index (χ3v) is 10.6. The highest BCUT2D eigenvalue weighted by atomic mass is 16.4. The van der Waals surface area contributed by atoms with Gasteiger partial charge in [0.2, 0.25) is 0 Å². The number of carboxylic acids is 1. The van der Waals surface area contributed by atoms with Crippen molar-refractivity contribution in [2.75, 3.05) is 6.54 Å². The molecule has 1 aliphatic heterocycles. The molecular weight excluding hydrogens is 490 g/mol. The first-order chi connectivity index (χ1) is 19.7. The van der Waals surface area contributed by atoms with Gasteiger partial charge in [0.25, 0.3) is 0 Å². The molecule has 3 heteroatoms. The third kappa shape index (κ3) is 7.19. The first-order valence-corrected chi connectivity index (χ1v) is 16.8. The van der Waals surface area contributed by atoms with Gasteiger partial charge in [-0.2, -0.15) is 0 Å². The van der Waals surface area contributed by atoms with E-state index in [-0.39, 0.29) is 0 Å². The molecule has 2 fully saturated rings. The second-order valence-corrected chi connectivity index (χ2v) is 13.2. The second-order valence-electron chi connectivity index (χ2n) is 13.2. The molecule has 0 radical (unpaired) electrons. The molecule has 3 atom stereocenters. The van der Waals surface area contributed by atoms with Gasteiger partial charge in [0.05, 0.1) is 0 Å². The van der Waals surface area contributed by atoms with E-state index < -0.39 is 5.97 Å². The molecule has 1 heterocycles. The molecule has 2 N–H and O–H groups in total. The van der Waals surface area contributed by atoms with Crippen LogP contribution in [-0.4, -0.2) is 23.7 Å². The fraction of sp³-hybridized carbons (Fsp3) is 0.649. The molecule has 0 unspecified atom stereocenters. The molecule has 2 aromatic rings. The van der Waals surface area contributed by atoms with E-state index in [0.717, 1.165) is 25.2 Å². The standard InChI is InChI=1S/C37H53NO2/c39-36(40)21-14-9-7-5-3-1-2-4-6-8-13-19-31-30(27-29-17-11-10-12-18-29)22-23-33-32(31)28-35-34-20-15-16-24-37(33,34)25-26-38-35/h10-12,17-18,22-23,34-35,38H,1-9,13-16,19-21,24-28H2,(H,39,40)/t34-,35+,37-/m0/s1. The second kappa shape index (κ2) is 14.7. The Morgan fingerprint density at radius 2 is 1.52 bits per heavy atom. The van der Waals surface area contributed by atoms with Crippen molar-refractivity contribution in [1.82, 2.24) is 5.32 Å². The number of nitrogens with one attached hydrogen (secondary N) is 1. The summed E-state index contributed by atoms with van der Waals surface area (Å²) in [6.45, 7) is 1.20. The highest BCUT2D eigenvalue weighted by Gasteiger charge is 2.51. The Hall–Kier alpha value is -2.13. The topological polar surface area (TPSA) is 49.3 Å². The van der Waals surface area contributed by atoms with E-state index >= 15 is 0 Å². The van der Waals surface area contributed by atoms with Gasteiger partial charge in [-0.05, 0) is 91.6 Å². The van der Waals surface area contributed by atoms with Crippen molar-refractivity contribution in [3.8, 4) is 0 Å². The Morgan fingerprint density at radius 1 is 0.825 bits per heavy atom. The highest BCUT2D eigenvalue weighted by Crippen LogP contribution is 2.54. The number of hydrogen-bond acceptors (Lipinski definition) is 2. The highest BCUT2D eigenvalue weighted by molar-refractivity contribution is 5.66. The zero-order valence-corrected chi connectivity index (χ0v) is 24.9. The molecule has 5 rings (SSSR count). The fourth-order valence-electron chi connectivity index (χ4n) is 8.59. The molecule has 40 heavy (non-hydrogen) atoms. The summed E-state index contributed by atoms with van der Waals surface area (Å²) in [5.74, 6) is 0.191. The Morgan fingerprint density at radius 3 is 2.25 bits per heavy atom. The van der Waals surface area contributed by atoms with Crippen LogP contribution in [0.3, 0.4) is 0 Å². The average molecular weight is 544 g/mol. The van der Waals surface area contributed by atoms with Gasteiger partial charge in [-0.15, -0.1) is 0 Å². The van der Waals surface area contributed by atoms with E-state index in [1.807, 2.05) is 0 Å². The average Bonchev–Trinajstić information content (AvgIpc) is 2.96. The van der Waals surface area contributed by atoms with Crippen molar-refractivity contribution < 1.29 is 9.90 Å². The lowest BCUT2D eigenvalue weighted by atomic mass is 9.52. The molecular formula is C37H53NO2. The molecule has 3 aliphatic rings. The summed E-state index contributed by atoms with van der Waals surface area (Å²) in [7, 11) is 0. The minimum absolute atomic E-state index is 0.332. The lowest BCUT2D eigenvalue weighted by Crippen LogP contribution is -2.59. The number of benzene rings is 2. The molecule has 1 saturated heterocycles. The van der Waals surface area contributed by atoms with Crippen LogP contribution in [0.2, 0.25) is 0 Å². The number of fused-ring (bicyclic) bond motifs is 1. The molecule has 0 aromatic heterocycles. The van der Waals surface area contributed by atoms with Gasteiger partial charge in [-0.25, -0.2) is 0 Å². The largest absolute Gasteiger partial charge is 0.481 e. The molecule has 0 amide bonds. The fourth-order valence-corrected chi connectivity index (χ4v) is 8.59. The SMILES string of the molecule is O=C(O)CCCCCCCCCCCCCc1c(Cc2ccccc2)ccc2c1C[C@H]1NCC[C@@]23CCCC[C@@H]13. The zero-order valence-electron chi connectivity index (χ0n) is 24.9. The predicted molar refractivity (Wildman–Crippen MR) is 166 cm³/mol. The van der Waals surface area contributed by atoms with Gasteiger partial charge in [0.1, 0.15) is 0 Å². The first-order valence-electron chi connectivity index (χ1n) is 16.8. The lowest BCUT2D eigenvalue weighted by Gasteiger charge is -2.56. The van der Waals surface area contributed by atoms with Crippen molar-refractivity contribution >= 4 is 5.97 Å². The Bertz CT molecular complexity index is 1080. The first kappa shape index (κ1) is 29.4. The molecule has 3 nitrogen and oxygen atoms in total. The van der Waals surface area contributed by atoms with E-state index in [9.17, 15) is 4.79 Å². The lowest BCUT2D eigenvalue weighted by molar-refractivity contribution is -0.137. The van der Waals surface area contributed by atoms with Crippen molar-refractivity contribution in [1.29, 1.82) is 0 Å². The van der Waals surface area contributed by atoms with Crippen LogP contribution < -0.4 is 5.32 Å². The maximum Gasteiger partial charge on any atom is 0.303 e. The summed E-state index contributed by atoms with van der Waals surface area (Å²) in [5.41, 5.74) is 8.67. The van der Waals surface area contributed by atoms with Crippen LogP contribution in [0.15, 0.2) is 42.5 Å². The van der Waals surface area contributed by atoms with Crippen LogP contribution in [0.4, 0.5) is 0 Å². The minimum atomic E-state index is -0.656. The number of unbranched alkanes of at least 4 members (excludes halogenated alkanes) is 10. The summed E-state index contributed by atoms with van der Waals surface area (Å²) in [6, 6.07) is 16.9. The van der Waals surface area contributed by atoms with Crippen LogP contribution in [0.25, 0.3) is 0 Å². The van der Waals surface area contributed by atoms with Gasteiger partial charge < -0.3 is 10.4 Å². The van der Waals surface area contributed by atoms with E-state index in [4.69, 9.17) is 5.11 Å². The monoisotopic (exact) mass is 543 g/mol. The number of aliphatic carboxylic acids is 1. The number of carbonyl (C=O) groups is 1. The Balaban J connectivity index is 1.16. The van der Waals surface area contributed by atoms with Gasteiger partial charge in [-0.1, -0.05) is 113 Å². The van der Waals surface area contributed by atoms with Gasteiger partial charge in [0.15, 0.2) is 0 Å². The normalized spacial score (nSPS) is 23.4. The van der Waals surface area contributed by atoms with E-state index in [1.54, 1.807) is 22.3 Å². The minimum Gasteiger partial charge on any atom is -0.481 e. The van der Waals surface area contributed by atoms with E-state index in [2.05, 4.69) is 47.8 Å². The summed E-state index contributed by atoms with van der Waals surface area (Å²) < 4.78 is 0. The quantitative estimate of drug-likeness (QED) is 0.208. The molecule has 2 aromatic carbocycles. The van der Waals surface area contributed by atoms with Gasteiger partial charge in [0, 0.05) is 17.9 Å². The smallest absolute Gasteiger partial charge is 0.303 e. The van der Waals surface area contributed by atoms with E-state index in [1.165, 1.54) is 115 Å². The molecule has 2 bridgehead atoms. The molecule has 0 spiro atoms. The van der Waals surface area contributed by atoms with Crippen molar-refractivity contribution in [3.05, 3.63) is 70.3 Å². The maximum atomic E-state index is 10.6. The van der Waals surface area contributed by atoms with Crippen molar-refractivity contribution in [3.63, 3.8) is 0 Å². The van der Waals surface area contributed by atoms with Crippen LogP contribution in [0.1, 0.15) is 137 Å². The molecule has 1 saturated carbocycles. The van der Waals surface area contributed by atoms with Crippen LogP contribution in [0, 0.1) is 5.92 Å². The van der Waals surface area contributed by atoms with Crippen molar-refractivity contribution in [2.24, 2.45) is 5.92 Å². The summed E-state index contributed by atoms with van der Waals surface area (Å²) in [5, 5.41) is 12.7.